The van der Waals surface area contributed by atoms with E-state index >= 15 is 0 Å². The van der Waals surface area contributed by atoms with E-state index in [0.717, 1.165) is 24.7 Å². The molecule has 3 nitrogen and oxygen atoms in total. The highest BCUT2D eigenvalue weighted by Gasteiger charge is 2.05. The molecule has 0 radical (unpaired) electrons. The number of hydrogen-bond acceptors (Lipinski definition) is 3. The SMILES string of the molecule is CCn1cc(C)nc1NCC(C)SC. The lowest BCUT2D eigenvalue weighted by molar-refractivity contribution is 0.761. The van der Waals surface area contributed by atoms with Crippen molar-refractivity contribution in [2.24, 2.45) is 0 Å². The third kappa shape index (κ3) is 2.94. The number of anilines is 1. The highest BCUT2D eigenvalue weighted by atomic mass is 32.2. The van der Waals surface area contributed by atoms with Crippen molar-refractivity contribution in [2.45, 2.75) is 32.6 Å². The molecule has 0 amide bonds. The minimum absolute atomic E-state index is 0.623. The second-order valence-corrected chi connectivity index (χ2v) is 4.70. The number of imidazole rings is 1. The molecule has 0 fully saturated rings. The van der Waals surface area contributed by atoms with Crippen LogP contribution in [0.4, 0.5) is 5.95 Å². The second-order valence-electron chi connectivity index (χ2n) is 3.42. The Morgan fingerprint density at radius 1 is 1.64 bits per heavy atom. The van der Waals surface area contributed by atoms with Gasteiger partial charge >= 0.3 is 0 Å². The lowest BCUT2D eigenvalue weighted by Gasteiger charge is -2.11. The molecule has 1 atom stereocenters. The van der Waals surface area contributed by atoms with Crippen molar-refractivity contribution in [3.8, 4) is 0 Å². The highest BCUT2D eigenvalue weighted by molar-refractivity contribution is 7.99. The van der Waals surface area contributed by atoms with Gasteiger partial charge in [-0.05, 0) is 20.1 Å². The summed E-state index contributed by atoms with van der Waals surface area (Å²) >= 11 is 1.86. The summed E-state index contributed by atoms with van der Waals surface area (Å²) in [6, 6.07) is 0. The third-order valence-electron chi connectivity index (χ3n) is 2.19. The molecule has 1 heterocycles. The zero-order valence-electron chi connectivity index (χ0n) is 9.37. The van der Waals surface area contributed by atoms with Crippen LogP contribution in [0.1, 0.15) is 19.5 Å². The maximum absolute atomic E-state index is 4.43. The third-order valence-corrected chi connectivity index (χ3v) is 3.16. The predicted molar refractivity (Wildman–Crippen MR) is 64.1 cm³/mol. The molecule has 0 saturated heterocycles. The number of hydrogen-bond donors (Lipinski definition) is 1. The topological polar surface area (TPSA) is 29.9 Å². The molecule has 0 aliphatic carbocycles. The molecular weight excluding hydrogens is 194 g/mol. The summed E-state index contributed by atoms with van der Waals surface area (Å²) < 4.78 is 2.14. The molecule has 1 rings (SSSR count). The summed E-state index contributed by atoms with van der Waals surface area (Å²) in [6.07, 6.45) is 4.20. The average molecular weight is 213 g/mol. The molecule has 0 aliphatic heterocycles. The zero-order chi connectivity index (χ0) is 10.6. The first-order valence-corrected chi connectivity index (χ1v) is 6.26. The van der Waals surface area contributed by atoms with Gasteiger partial charge in [0.15, 0.2) is 0 Å². The van der Waals surface area contributed by atoms with Gasteiger partial charge < -0.3 is 9.88 Å². The standard InChI is InChI=1S/C10H19N3S/c1-5-13-7-8(2)12-10(13)11-6-9(3)14-4/h7,9H,5-6H2,1-4H3,(H,11,12). The average Bonchev–Trinajstić information content (AvgIpc) is 2.55. The summed E-state index contributed by atoms with van der Waals surface area (Å²) in [7, 11) is 0. The largest absolute Gasteiger partial charge is 0.355 e. The van der Waals surface area contributed by atoms with Crippen molar-refractivity contribution >= 4 is 17.7 Å². The Morgan fingerprint density at radius 3 is 2.93 bits per heavy atom. The number of aryl methyl sites for hydroxylation is 2. The highest BCUT2D eigenvalue weighted by Crippen LogP contribution is 2.10. The molecule has 80 valence electrons. The van der Waals surface area contributed by atoms with Crippen LogP contribution in [-0.4, -0.2) is 27.6 Å². The van der Waals surface area contributed by atoms with Gasteiger partial charge in [-0.1, -0.05) is 6.92 Å². The Balaban J connectivity index is 2.57. The molecule has 0 saturated carbocycles. The van der Waals surface area contributed by atoms with Crippen LogP contribution in [0.5, 0.6) is 0 Å². The number of nitrogens with one attached hydrogen (secondary N) is 1. The monoisotopic (exact) mass is 213 g/mol. The van der Waals surface area contributed by atoms with Gasteiger partial charge in [0.05, 0.1) is 5.69 Å². The molecule has 1 aromatic rings. The lowest BCUT2D eigenvalue weighted by Crippen LogP contribution is -2.15. The van der Waals surface area contributed by atoms with Gasteiger partial charge in [0.1, 0.15) is 0 Å². The fraction of sp³-hybridized carbons (Fsp3) is 0.700. The number of rotatable bonds is 5. The Bertz CT molecular complexity index is 283. The van der Waals surface area contributed by atoms with E-state index < -0.39 is 0 Å². The van der Waals surface area contributed by atoms with E-state index in [-0.39, 0.29) is 0 Å². The van der Waals surface area contributed by atoms with Crippen molar-refractivity contribution in [3.05, 3.63) is 11.9 Å². The van der Waals surface area contributed by atoms with E-state index in [2.05, 4.69) is 41.2 Å². The summed E-state index contributed by atoms with van der Waals surface area (Å²) in [5.41, 5.74) is 1.08. The van der Waals surface area contributed by atoms with Crippen LogP contribution in [-0.2, 0) is 6.54 Å². The first-order valence-electron chi connectivity index (χ1n) is 4.97. The maximum Gasteiger partial charge on any atom is 0.203 e. The van der Waals surface area contributed by atoms with Crippen LogP contribution >= 0.6 is 11.8 Å². The summed E-state index contributed by atoms with van der Waals surface area (Å²) in [4.78, 5) is 4.43. The molecule has 0 bridgehead atoms. The number of aromatic nitrogens is 2. The number of nitrogens with zero attached hydrogens (tertiary/aromatic N) is 2. The Kier molecular flexibility index (Phi) is 4.32. The van der Waals surface area contributed by atoms with Gasteiger partial charge in [-0.15, -0.1) is 0 Å². The molecule has 1 N–H and O–H groups in total. The predicted octanol–water partition coefficient (Wildman–Crippen LogP) is 2.37. The Morgan fingerprint density at radius 2 is 2.36 bits per heavy atom. The van der Waals surface area contributed by atoms with E-state index in [4.69, 9.17) is 0 Å². The van der Waals surface area contributed by atoms with E-state index in [1.165, 1.54) is 0 Å². The Hall–Kier alpha value is -0.640. The van der Waals surface area contributed by atoms with Crippen molar-refractivity contribution in [1.82, 2.24) is 9.55 Å². The first-order chi connectivity index (χ1) is 6.67. The minimum Gasteiger partial charge on any atom is -0.355 e. The summed E-state index contributed by atoms with van der Waals surface area (Å²) in [5, 5.41) is 3.99. The molecule has 0 aliphatic rings. The van der Waals surface area contributed by atoms with Crippen molar-refractivity contribution in [1.29, 1.82) is 0 Å². The number of thioether (sulfide) groups is 1. The molecular formula is C10H19N3S. The van der Waals surface area contributed by atoms with Crippen LogP contribution in [0.2, 0.25) is 0 Å². The summed E-state index contributed by atoms with van der Waals surface area (Å²) in [5.74, 6) is 0.992. The van der Waals surface area contributed by atoms with Crippen LogP contribution in [0.15, 0.2) is 6.20 Å². The van der Waals surface area contributed by atoms with Gasteiger partial charge in [-0.25, -0.2) is 4.98 Å². The maximum atomic E-state index is 4.43. The van der Waals surface area contributed by atoms with Crippen LogP contribution in [0.3, 0.4) is 0 Å². The van der Waals surface area contributed by atoms with Crippen molar-refractivity contribution < 1.29 is 0 Å². The second kappa shape index (κ2) is 5.29. The minimum atomic E-state index is 0.623. The molecule has 14 heavy (non-hydrogen) atoms. The lowest BCUT2D eigenvalue weighted by atomic mass is 10.5. The van der Waals surface area contributed by atoms with Crippen molar-refractivity contribution in [2.75, 3.05) is 18.1 Å². The molecule has 0 aromatic carbocycles. The first kappa shape index (κ1) is 11.4. The van der Waals surface area contributed by atoms with Gasteiger partial charge in [0.2, 0.25) is 5.95 Å². The summed E-state index contributed by atoms with van der Waals surface area (Å²) in [6.45, 7) is 8.30. The normalized spacial score (nSPS) is 12.9. The quantitative estimate of drug-likeness (QED) is 0.814. The molecule has 0 spiro atoms. The fourth-order valence-electron chi connectivity index (χ4n) is 1.25. The van der Waals surface area contributed by atoms with E-state index in [1.807, 2.05) is 18.7 Å². The van der Waals surface area contributed by atoms with Crippen LogP contribution < -0.4 is 5.32 Å². The van der Waals surface area contributed by atoms with E-state index in [0.29, 0.717) is 5.25 Å². The van der Waals surface area contributed by atoms with Crippen molar-refractivity contribution in [3.63, 3.8) is 0 Å². The Labute approximate surface area is 90.3 Å². The molecule has 1 unspecified atom stereocenters. The van der Waals surface area contributed by atoms with Gasteiger partial charge in [0, 0.05) is 24.5 Å². The zero-order valence-corrected chi connectivity index (χ0v) is 10.2. The molecule has 1 aromatic heterocycles. The fourth-order valence-corrected chi connectivity index (χ4v) is 1.50. The van der Waals surface area contributed by atoms with Crippen LogP contribution in [0, 0.1) is 6.92 Å². The van der Waals surface area contributed by atoms with Gasteiger partial charge in [-0.3, -0.25) is 0 Å². The van der Waals surface area contributed by atoms with E-state index in [1.54, 1.807) is 0 Å². The molecule has 4 heteroatoms. The van der Waals surface area contributed by atoms with Gasteiger partial charge in [0.25, 0.3) is 0 Å². The van der Waals surface area contributed by atoms with Crippen LogP contribution in [0.25, 0.3) is 0 Å². The van der Waals surface area contributed by atoms with Gasteiger partial charge in [-0.2, -0.15) is 11.8 Å². The van der Waals surface area contributed by atoms with E-state index in [9.17, 15) is 0 Å². The smallest absolute Gasteiger partial charge is 0.203 e.